The van der Waals surface area contributed by atoms with Gasteiger partial charge in [0.2, 0.25) is 5.91 Å². The number of carbonyl (C=O) groups is 1. The average Bonchev–Trinajstić information content (AvgIpc) is 2.42. The van der Waals surface area contributed by atoms with Crippen molar-refractivity contribution in [3.05, 3.63) is 22.7 Å². The number of hydrogen-bond donors (Lipinski definition) is 2. The molecule has 1 aliphatic heterocycles. The summed E-state index contributed by atoms with van der Waals surface area (Å²) in [5.41, 5.74) is -0.479. The lowest BCUT2D eigenvalue weighted by molar-refractivity contribution is -0.139. The van der Waals surface area contributed by atoms with Crippen LogP contribution < -0.4 is 11.0 Å². The maximum atomic E-state index is 12.0. The molecule has 1 saturated heterocycles. The third-order valence-corrected chi connectivity index (χ3v) is 3.35. The second-order valence-corrected chi connectivity index (χ2v) is 4.84. The number of nitrogens with one attached hydrogen (secondary N) is 1. The Labute approximate surface area is 116 Å². The van der Waals surface area contributed by atoms with Crippen LogP contribution in [0.3, 0.4) is 0 Å². The summed E-state index contributed by atoms with van der Waals surface area (Å²) >= 11 is 0. The van der Waals surface area contributed by atoms with Crippen molar-refractivity contribution in [1.82, 2.24) is 9.55 Å². The van der Waals surface area contributed by atoms with E-state index in [1.807, 2.05) is 0 Å². The normalized spacial score (nSPS) is 26.2. The maximum absolute atomic E-state index is 12.0. The zero-order chi connectivity index (χ0) is 14.7. The summed E-state index contributed by atoms with van der Waals surface area (Å²) in [6.07, 6.45) is 1.75. The number of hydrogen-bond acceptors (Lipinski definition) is 5. The molecule has 7 nitrogen and oxygen atoms in total. The molecule has 0 radical (unpaired) electrons. The second kappa shape index (κ2) is 6.15. The highest BCUT2D eigenvalue weighted by Gasteiger charge is 2.28. The van der Waals surface area contributed by atoms with Crippen LogP contribution in [-0.2, 0) is 9.53 Å². The quantitative estimate of drug-likeness (QED) is 0.848. The Morgan fingerprint density at radius 1 is 1.60 bits per heavy atom. The van der Waals surface area contributed by atoms with E-state index in [9.17, 15) is 14.7 Å². The van der Waals surface area contributed by atoms with Gasteiger partial charge in [0.05, 0.1) is 12.2 Å². The third-order valence-electron chi connectivity index (χ3n) is 3.35. The zero-order valence-corrected chi connectivity index (χ0v) is 11.6. The number of ether oxygens (including phenoxy) is 1. The number of rotatable bonds is 3. The summed E-state index contributed by atoms with van der Waals surface area (Å²) in [6.45, 7) is 3.49. The number of anilines is 1. The molecule has 2 heterocycles. The molecule has 0 spiro atoms. The molecule has 1 aromatic rings. The van der Waals surface area contributed by atoms with Gasteiger partial charge in [-0.15, -0.1) is 0 Å². The lowest BCUT2D eigenvalue weighted by atomic mass is 10.1. The van der Waals surface area contributed by atoms with Gasteiger partial charge in [0.1, 0.15) is 12.0 Å². The molecule has 2 rings (SSSR count). The van der Waals surface area contributed by atoms with Crippen molar-refractivity contribution in [3.8, 4) is 0 Å². The van der Waals surface area contributed by atoms with Crippen molar-refractivity contribution in [1.29, 1.82) is 0 Å². The van der Waals surface area contributed by atoms with Crippen molar-refractivity contribution in [2.24, 2.45) is 0 Å². The van der Waals surface area contributed by atoms with Gasteiger partial charge < -0.3 is 15.2 Å². The van der Waals surface area contributed by atoms with E-state index in [-0.39, 0.29) is 17.8 Å². The third kappa shape index (κ3) is 3.23. The molecular weight excluding hydrogens is 262 g/mol. The SMILES string of the molecule is CCC(=O)Nc1ccn(C2CCC(O)C(C)O2)c(=O)n1. The minimum Gasteiger partial charge on any atom is -0.390 e. The fraction of sp³-hybridized carbons (Fsp3) is 0.615. The van der Waals surface area contributed by atoms with Gasteiger partial charge in [-0.1, -0.05) is 6.92 Å². The molecule has 0 bridgehead atoms. The molecule has 1 aromatic heterocycles. The van der Waals surface area contributed by atoms with Gasteiger partial charge in [-0.3, -0.25) is 9.36 Å². The van der Waals surface area contributed by atoms with Gasteiger partial charge in [0, 0.05) is 12.6 Å². The van der Waals surface area contributed by atoms with E-state index in [4.69, 9.17) is 4.74 Å². The van der Waals surface area contributed by atoms with E-state index in [1.165, 1.54) is 4.57 Å². The minimum absolute atomic E-state index is 0.194. The predicted octanol–water partition coefficient (Wildman–Crippen LogP) is 0.650. The Morgan fingerprint density at radius 3 is 2.95 bits per heavy atom. The topological polar surface area (TPSA) is 93.5 Å². The molecular formula is C13H19N3O4. The summed E-state index contributed by atoms with van der Waals surface area (Å²) in [4.78, 5) is 27.0. The number of aliphatic hydroxyl groups is 1. The fourth-order valence-electron chi connectivity index (χ4n) is 2.09. The zero-order valence-electron chi connectivity index (χ0n) is 11.6. The number of aliphatic hydroxyl groups excluding tert-OH is 1. The van der Waals surface area contributed by atoms with Gasteiger partial charge in [0.25, 0.3) is 0 Å². The van der Waals surface area contributed by atoms with Crippen LogP contribution in [0.5, 0.6) is 0 Å². The Hall–Kier alpha value is -1.73. The minimum atomic E-state index is -0.502. The van der Waals surface area contributed by atoms with E-state index in [0.717, 1.165) is 0 Å². The van der Waals surface area contributed by atoms with Crippen LogP contribution in [0, 0.1) is 0 Å². The van der Waals surface area contributed by atoms with Gasteiger partial charge in [-0.05, 0) is 25.8 Å². The number of carbonyl (C=O) groups excluding carboxylic acids is 1. The molecule has 7 heteroatoms. The standard InChI is InChI=1S/C13H19N3O4/c1-3-11(18)14-10-6-7-16(13(19)15-10)12-5-4-9(17)8(2)20-12/h6-9,12,17H,3-5H2,1-2H3,(H,14,15,18,19). The average molecular weight is 281 g/mol. The van der Waals surface area contributed by atoms with Crippen molar-refractivity contribution in [3.63, 3.8) is 0 Å². The molecule has 110 valence electrons. The van der Waals surface area contributed by atoms with Crippen LogP contribution in [0.4, 0.5) is 5.82 Å². The van der Waals surface area contributed by atoms with Crippen molar-refractivity contribution in [2.45, 2.75) is 51.5 Å². The monoisotopic (exact) mass is 281 g/mol. The predicted molar refractivity (Wildman–Crippen MR) is 72.2 cm³/mol. The molecule has 3 unspecified atom stereocenters. The summed E-state index contributed by atoms with van der Waals surface area (Å²) in [5, 5.41) is 12.1. The Kier molecular flexibility index (Phi) is 4.51. The highest BCUT2D eigenvalue weighted by Crippen LogP contribution is 2.25. The fourth-order valence-corrected chi connectivity index (χ4v) is 2.09. The summed E-state index contributed by atoms with van der Waals surface area (Å²) in [6, 6.07) is 1.56. The first kappa shape index (κ1) is 14.7. The maximum Gasteiger partial charge on any atom is 0.351 e. The summed E-state index contributed by atoms with van der Waals surface area (Å²) in [7, 11) is 0. The first-order chi connectivity index (χ1) is 9.51. The van der Waals surface area contributed by atoms with Crippen LogP contribution in [0.15, 0.2) is 17.1 Å². The van der Waals surface area contributed by atoms with Crippen LogP contribution in [0.1, 0.15) is 39.3 Å². The first-order valence-electron chi connectivity index (χ1n) is 6.73. The molecule has 0 aliphatic carbocycles. The number of amides is 1. The number of aromatic nitrogens is 2. The van der Waals surface area contributed by atoms with E-state index in [0.29, 0.717) is 19.3 Å². The Bertz CT molecular complexity index is 543. The van der Waals surface area contributed by atoms with Gasteiger partial charge in [-0.2, -0.15) is 4.98 Å². The van der Waals surface area contributed by atoms with Crippen LogP contribution >= 0.6 is 0 Å². The van der Waals surface area contributed by atoms with E-state index in [2.05, 4.69) is 10.3 Å². The lowest BCUT2D eigenvalue weighted by Gasteiger charge is -2.32. The van der Waals surface area contributed by atoms with Crippen LogP contribution in [0.25, 0.3) is 0 Å². The van der Waals surface area contributed by atoms with Crippen LogP contribution in [0.2, 0.25) is 0 Å². The lowest BCUT2D eigenvalue weighted by Crippen LogP contribution is -2.39. The molecule has 1 aliphatic rings. The highest BCUT2D eigenvalue weighted by molar-refractivity contribution is 5.89. The van der Waals surface area contributed by atoms with Gasteiger partial charge in [-0.25, -0.2) is 4.79 Å². The molecule has 0 saturated carbocycles. The van der Waals surface area contributed by atoms with Crippen molar-refractivity contribution >= 4 is 11.7 Å². The molecule has 1 amide bonds. The summed E-state index contributed by atoms with van der Waals surface area (Å²) < 4.78 is 6.97. The molecule has 0 aromatic carbocycles. The van der Waals surface area contributed by atoms with Crippen LogP contribution in [-0.4, -0.2) is 32.8 Å². The van der Waals surface area contributed by atoms with Gasteiger partial charge >= 0.3 is 5.69 Å². The Balaban J connectivity index is 2.14. The number of nitrogens with zero attached hydrogens (tertiary/aromatic N) is 2. The van der Waals surface area contributed by atoms with Crippen molar-refractivity contribution < 1.29 is 14.6 Å². The van der Waals surface area contributed by atoms with E-state index < -0.39 is 18.0 Å². The largest absolute Gasteiger partial charge is 0.390 e. The molecule has 2 N–H and O–H groups in total. The van der Waals surface area contributed by atoms with Gasteiger partial charge in [0.15, 0.2) is 0 Å². The highest BCUT2D eigenvalue weighted by atomic mass is 16.5. The second-order valence-electron chi connectivity index (χ2n) is 4.84. The first-order valence-corrected chi connectivity index (χ1v) is 6.73. The van der Waals surface area contributed by atoms with Crippen molar-refractivity contribution in [2.75, 3.05) is 5.32 Å². The summed E-state index contributed by atoms with van der Waals surface area (Å²) in [5.74, 6) is 0.0438. The smallest absolute Gasteiger partial charge is 0.351 e. The molecule has 3 atom stereocenters. The van der Waals surface area contributed by atoms with E-state index >= 15 is 0 Å². The molecule has 1 fully saturated rings. The van der Waals surface area contributed by atoms with E-state index in [1.54, 1.807) is 26.1 Å². The Morgan fingerprint density at radius 2 is 2.35 bits per heavy atom. The molecule has 20 heavy (non-hydrogen) atoms.